The first kappa shape index (κ1) is 14.1. The molecule has 21 heavy (non-hydrogen) atoms. The van der Waals surface area contributed by atoms with E-state index in [2.05, 4.69) is 36.5 Å². The summed E-state index contributed by atoms with van der Waals surface area (Å²) in [5.41, 5.74) is 3.47. The summed E-state index contributed by atoms with van der Waals surface area (Å²) >= 11 is 0. The molecular weight excluding hydrogens is 265 g/mol. The second-order valence-corrected chi connectivity index (χ2v) is 5.50. The van der Waals surface area contributed by atoms with Crippen molar-refractivity contribution in [3.8, 4) is 5.75 Å². The molecule has 0 aliphatic heterocycles. The van der Waals surface area contributed by atoms with Gasteiger partial charge in [-0.15, -0.1) is 0 Å². The molecule has 2 nitrogen and oxygen atoms in total. The molecule has 3 rings (SSSR count). The fraction of sp³-hybridized carbons (Fsp3) is 0.333. The first-order chi connectivity index (χ1) is 10.2. The van der Waals surface area contributed by atoms with Gasteiger partial charge in [0.15, 0.2) is 0 Å². The van der Waals surface area contributed by atoms with Gasteiger partial charge >= 0.3 is 0 Å². The summed E-state index contributed by atoms with van der Waals surface area (Å²) in [6, 6.07) is 13.3. The number of hydrogen-bond donors (Lipinski definition) is 1. The van der Waals surface area contributed by atoms with Gasteiger partial charge in [-0.05, 0) is 48.4 Å². The molecule has 0 radical (unpaired) electrons. The van der Waals surface area contributed by atoms with Crippen molar-refractivity contribution in [1.82, 2.24) is 5.32 Å². The van der Waals surface area contributed by atoms with Crippen molar-refractivity contribution in [2.24, 2.45) is 0 Å². The molecule has 2 unspecified atom stereocenters. The molecule has 0 spiro atoms. The highest BCUT2D eigenvalue weighted by Crippen LogP contribution is 2.34. The van der Waals surface area contributed by atoms with Crippen molar-refractivity contribution in [3.63, 3.8) is 0 Å². The van der Waals surface area contributed by atoms with Gasteiger partial charge in [0.05, 0.1) is 6.04 Å². The molecule has 0 amide bonds. The van der Waals surface area contributed by atoms with Gasteiger partial charge in [-0.3, -0.25) is 0 Å². The van der Waals surface area contributed by atoms with Gasteiger partial charge < -0.3 is 10.1 Å². The van der Waals surface area contributed by atoms with Crippen LogP contribution in [0.25, 0.3) is 0 Å². The molecule has 1 N–H and O–H groups in total. The number of benzene rings is 2. The number of halogens is 1. The topological polar surface area (TPSA) is 21.3 Å². The van der Waals surface area contributed by atoms with Crippen LogP contribution in [0.2, 0.25) is 0 Å². The quantitative estimate of drug-likeness (QED) is 0.923. The Balaban J connectivity index is 1.85. The predicted molar refractivity (Wildman–Crippen MR) is 82.1 cm³/mol. The summed E-state index contributed by atoms with van der Waals surface area (Å²) in [4.78, 5) is 0. The molecule has 2 aromatic rings. The summed E-state index contributed by atoms with van der Waals surface area (Å²) < 4.78 is 19.4. The zero-order chi connectivity index (χ0) is 14.8. The largest absolute Gasteiger partial charge is 0.488 e. The standard InChI is InChI=1S/C18H20FNO/c1-3-20-18-15-7-5-4-6-13(15)11-17(18)21-16-9-8-14(19)10-12(16)2/h4-10,17-18,20H,3,11H2,1-2H3. The van der Waals surface area contributed by atoms with Crippen LogP contribution < -0.4 is 10.1 Å². The van der Waals surface area contributed by atoms with E-state index >= 15 is 0 Å². The number of likely N-dealkylation sites (N-methyl/N-ethyl adjacent to an activating group) is 1. The summed E-state index contributed by atoms with van der Waals surface area (Å²) in [7, 11) is 0. The van der Waals surface area contributed by atoms with Gasteiger partial charge in [0, 0.05) is 6.42 Å². The lowest BCUT2D eigenvalue weighted by Gasteiger charge is -2.23. The molecule has 0 aromatic heterocycles. The Bertz CT molecular complexity index is 641. The number of rotatable bonds is 4. The minimum atomic E-state index is -0.224. The predicted octanol–water partition coefficient (Wildman–Crippen LogP) is 3.79. The lowest BCUT2D eigenvalue weighted by atomic mass is 10.1. The zero-order valence-electron chi connectivity index (χ0n) is 12.4. The van der Waals surface area contributed by atoms with Crippen LogP contribution in [0.4, 0.5) is 4.39 Å². The Hall–Kier alpha value is -1.87. The van der Waals surface area contributed by atoms with E-state index in [1.54, 1.807) is 6.07 Å². The van der Waals surface area contributed by atoms with E-state index in [0.717, 1.165) is 24.3 Å². The maximum atomic E-state index is 13.2. The summed E-state index contributed by atoms with van der Waals surface area (Å²) in [5, 5.41) is 3.50. The van der Waals surface area contributed by atoms with Crippen molar-refractivity contribution in [2.75, 3.05) is 6.54 Å². The van der Waals surface area contributed by atoms with Crippen LogP contribution in [0.15, 0.2) is 42.5 Å². The molecule has 0 bridgehead atoms. The van der Waals surface area contributed by atoms with Crippen molar-refractivity contribution in [1.29, 1.82) is 0 Å². The highest BCUT2D eigenvalue weighted by molar-refractivity contribution is 5.39. The van der Waals surface area contributed by atoms with Crippen molar-refractivity contribution in [3.05, 3.63) is 65.0 Å². The van der Waals surface area contributed by atoms with E-state index in [1.165, 1.54) is 23.3 Å². The molecule has 1 aliphatic rings. The molecule has 3 heteroatoms. The fourth-order valence-electron chi connectivity index (χ4n) is 3.04. The molecule has 2 atom stereocenters. The highest BCUT2D eigenvalue weighted by Gasteiger charge is 2.33. The average Bonchev–Trinajstić information content (AvgIpc) is 2.81. The van der Waals surface area contributed by atoms with Gasteiger partial charge in [-0.25, -0.2) is 4.39 Å². The lowest BCUT2D eigenvalue weighted by molar-refractivity contribution is 0.166. The first-order valence-electron chi connectivity index (χ1n) is 7.43. The van der Waals surface area contributed by atoms with Crippen LogP contribution >= 0.6 is 0 Å². The maximum absolute atomic E-state index is 13.2. The van der Waals surface area contributed by atoms with Crippen LogP contribution in [0.5, 0.6) is 5.75 Å². The van der Waals surface area contributed by atoms with E-state index < -0.39 is 0 Å². The Morgan fingerprint density at radius 3 is 2.81 bits per heavy atom. The Morgan fingerprint density at radius 1 is 1.24 bits per heavy atom. The summed E-state index contributed by atoms with van der Waals surface area (Å²) in [6.45, 7) is 4.87. The normalized spacial score (nSPS) is 20.3. The minimum absolute atomic E-state index is 0.0477. The Kier molecular flexibility index (Phi) is 3.93. The van der Waals surface area contributed by atoms with Crippen LogP contribution in [0.1, 0.15) is 29.7 Å². The van der Waals surface area contributed by atoms with Gasteiger partial charge in [0.25, 0.3) is 0 Å². The zero-order valence-corrected chi connectivity index (χ0v) is 12.4. The van der Waals surface area contributed by atoms with Crippen LogP contribution in [0, 0.1) is 12.7 Å². The second kappa shape index (κ2) is 5.86. The molecule has 2 aromatic carbocycles. The molecule has 0 heterocycles. The third kappa shape index (κ3) is 2.79. The molecule has 0 saturated carbocycles. The third-order valence-corrected chi connectivity index (χ3v) is 4.02. The lowest BCUT2D eigenvalue weighted by Crippen LogP contribution is -2.32. The van der Waals surface area contributed by atoms with Crippen molar-refractivity contribution < 1.29 is 9.13 Å². The second-order valence-electron chi connectivity index (χ2n) is 5.50. The van der Waals surface area contributed by atoms with E-state index in [1.807, 2.05) is 6.92 Å². The number of hydrogen-bond acceptors (Lipinski definition) is 2. The van der Waals surface area contributed by atoms with E-state index in [4.69, 9.17) is 4.74 Å². The van der Waals surface area contributed by atoms with Crippen LogP contribution in [0.3, 0.4) is 0 Å². The number of ether oxygens (including phenoxy) is 1. The smallest absolute Gasteiger partial charge is 0.123 e. The van der Waals surface area contributed by atoms with Gasteiger partial charge in [0.1, 0.15) is 17.7 Å². The minimum Gasteiger partial charge on any atom is -0.488 e. The molecule has 0 fully saturated rings. The molecular formula is C18H20FNO. The van der Waals surface area contributed by atoms with Crippen molar-refractivity contribution in [2.45, 2.75) is 32.4 Å². The summed E-state index contributed by atoms with van der Waals surface area (Å²) in [6.07, 6.45) is 0.927. The molecule has 1 aliphatic carbocycles. The van der Waals surface area contributed by atoms with Gasteiger partial charge in [-0.1, -0.05) is 31.2 Å². The van der Waals surface area contributed by atoms with Gasteiger partial charge in [-0.2, -0.15) is 0 Å². The number of aryl methyl sites for hydroxylation is 1. The monoisotopic (exact) mass is 285 g/mol. The Morgan fingerprint density at radius 2 is 2.05 bits per heavy atom. The first-order valence-corrected chi connectivity index (χ1v) is 7.43. The molecule has 110 valence electrons. The van der Waals surface area contributed by atoms with E-state index in [0.29, 0.717) is 0 Å². The van der Waals surface area contributed by atoms with Gasteiger partial charge in [0.2, 0.25) is 0 Å². The Labute approximate surface area is 125 Å². The SMILES string of the molecule is CCNC1c2ccccc2CC1Oc1ccc(F)cc1C. The van der Waals surface area contributed by atoms with Crippen LogP contribution in [-0.4, -0.2) is 12.6 Å². The van der Waals surface area contributed by atoms with E-state index in [9.17, 15) is 4.39 Å². The highest BCUT2D eigenvalue weighted by atomic mass is 19.1. The van der Waals surface area contributed by atoms with Crippen molar-refractivity contribution >= 4 is 0 Å². The van der Waals surface area contributed by atoms with E-state index in [-0.39, 0.29) is 18.0 Å². The maximum Gasteiger partial charge on any atom is 0.123 e. The average molecular weight is 285 g/mol. The third-order valence-electron chi connectivity index (χ3n) is 4.02. The number of nitrogens with one attached hydrogen (secondary N) is 1. The fourth-order valence-corrected chi connectivity index (χ4v) is 3.04. The molecule has 0 saturated heterocycles. The van der Waals surface area contributed by atoms with Crippen LogP contribution in [-0.2, 0) is 6.42 Å². The summed E-state index contributed by atoms with van der Waals surface area (Å²) in [5.74, 6) is 0.537. The number of fused-ring (bicyclic) bond motifs is 1.